The van der Waals surface area contributed by atoms with Crippen LogP contribution in [-0.4, -0.2) is 11.5 Å². The minimum absolute atomic E-state index is 0.0837. The van der Waals surface area contributed by atoms with Crippen molar-refractivity contribution in [1.29, 1.82) is 0 Å². The van der Waals surface area contributed by atoms with E-state index in [1.165, 1.54) is 6.07 Å². The van der Waals surface area contributed by atoms with Gasteiger partial charge in [-0.15, -0.1) is 0 Å². The van der Waals surface area contributed by atoms with Gasteiger partial charge in [0.25, 0.3) is 5.69 Å². The predicted molar refractivity (Wildman–Crippen MR) is 68.2 cm³/mol. The number of hydrogen-bond donors (Lipinski definition) is 1. The fourth-order valence-electron chi connectivity index (χ4n) is 1.28. The molecule has 4 nitrogen and oxygen atoms in total. The fourth-order valence-corrected chi connectivity index (χ4v) is 2.38. The Kier molecular flexibility index (Phi) is 4.75. The molecule has 0 radical (unpaired) electrons. The summed E-state index contributed by atoms with van der Waals surface area (Å²) in [6.07, 6.45) is 1.24. The van der Waals surface area contributed by atoms with Gasteiger partial charge in [0.15, 0.2) is 0 Å². The second kappa shape index (κ2) is 5.62. The van der Waals surface area contributed by atoms with Crippen LogP contribution in [0.5, 0.6) is 0 Å². The number of halogens is 2. The second-order valence-corrected chi connectivity index (χ2v) is 4.69. The quantitative estimate of drug-likeness (QED) is 0.520. The molecule has 0 saturated carbocycles. The molecule has 0 amide bonds. The van der Waals surface area contributed by atoms with E-state index in [1.807, 2.05) is 22.6 Å². The van der Waals surface area contributed by atoms with E-state index in [4.69, 9.17) is 17.3 Å². The maximum atomic E-state index is 10.8. The van der Waals surface area contributed by atoms with E-state index >= 15 is 0 Å². The highest BCUT2D eigenvalue weighted by atomic mass is 127. The number of nitro groups is 1. The number of rotatable bonds is 4. The lowest BCUT2D eigenvalue weighted by atomic mass is 10.1. The van der Waals surface area contributed by atoms with Crippen LogP contribution in [0.2, 0.25) is 5.02 Å². The highest BCUT2D eigenvalue weighted by Crippen LogP contribution is 2.30. The minimum atomic E-state index is -0.403. The molecule has 1 rings (SSSR count). The van der Waals surface area contributed by atoms with E-state index in [1.54, 1.807) is 6.07 Å². The van der Waals surface area contributed by atoms with Crippen LogP contribution < -0.4 is 5.73 Å². The van der Waals surface area contributed by atoms with Crippen LogP contribution in [0, 0.1) is 13.7 Å². The van der Waals surface area contributed by atoms with Gasteiger partial charge < -0.3 is 5.73 Å². The van der Waals surface area contributed by atoms with E-state index in [0.717, 1.165) is 3.57 Å². The Morgan fingerprint density at radius 2 is 2.20 bits per heavy atom. The van der Waals surface area contributed by atoms with Gasteiger partial charge in [0.1, 0.15) is 0 Å². The number of nitrogens with two attached hydrogens (primary N) is 1. The van der Waals surface area contributed by atoms with Gasteiger partial charge in [-0.3, -0.25) is 10.1 Å². The molecule has 0 aliphatic rings. The molecule has 0 heterocycles. The molecule has 0 atom stereocenters. The zero-order valence-corrected chi connectivity index (χ0v) is 10.8. The Morgan fingerprint density at radius 3 is 2.73 bits per heavy atom. The van der Waals surface area contributed by atoms with Gasteiger partial charge in [0.2, 0.25) is 0 Å². The molecular weight excluding hydrogens is 330 g/mol. The fraction of sp³-hybridized carbons (Fsp3) is 0.333. The molecule has 0 aliphatic carbocycles. The standard InChI is InChI=1S/C9H10ClIN2O2/c10-8-4-6(11)5-9(13(14)15)7(8)2-1-3-12/h4-5H,1-3,12H2. The van der Waals surface area contributed by atoms with E-state index in [2.05, 4.69) is 0 Å². The Balaban J connectivity index is 3.15. The van der Waals surface area contributed by atoms with Crippen LogP contribution >= 0.6 is 34.2 Å². The smallest absolute Gasteiger partial charge is 0.275 e. The highest BCUT2D eigenvalue weighted by molar-refractivity contribution is 14.1. The van der Waals surface area contributed by atoms with Crippen LogP contribution in [-0.2, 0) is 6.42 Å². The van der Waals surface area contributed by atoms with Crippen molar-refractivity contribution in [3.8, 4) is 0 Å². The van der Waals surface area contributed by atoms with Crippen LogP contribution in [0.3, 0.4) is 0 Å². The molecule has 0 spiro atoms. The first-order valence-electron chi connectivity index (χ1n) is 4.38. The molecule has 15 heavy (non-hydrogen) atoms. The molecular formula is C9H10ClIN2O2. The Hall–Kier alpha value is -0.400. The van der Waals surface area contributed by atoms with Crippen molar-refractivity contribution < 1.29 is 4.92 Å². The van der Waals surface area contributed by atoms with Gasteiger partial charge in [0, 0.05) is 15.2 Å². The summed E-state index contributed by atoms with van der Waals surface area (Å²) < 4.78 is 0.765. The lowest BCUT2D eigenvalue weighted by molar-refractivity contribution is -0.385. The van der Waals surface area contributed by atoms with Crippen LogP contribution in [0.15, 0.2) is 12.1 Å². The van der Waals surface area contributed by atoms with E-state index in [0.29, 0.717) is 30.0 Å². The van der Waals surface area contributed by atoms with Crippen molar-refractivity contribution in [1.82, 2.24) is 0 Å². The number of hydrogen-bond acceptors (Lipinski definition) is 3. The molecule has 0 saturated heterocycles. The molecule has 0 unspecified atom stereocenters. The molecule has 1 aromatic carbocycles. The van der Waals surface area contributed by atoms with Gasteiger partial charge in [-0.2, -0.15) is 0 Å². The summed E-state index contributed by atoms with van der Waals surface area (Å²) in [6.45, 7) is 0.499. The number of benzene rings is 1. The number of nitrogens with zero attached hydrogens (tertiary/aromatic N) is 1. The molecule has 0 fully saturated rings. The summed E-state index contributed by atoms with van der Waals surface area (Å²) in [5.41, 5.74) is 6.03. The summed E-state index contributed by atoms with van der Waals surface area (Å²) in [6, 6.07) is 3.25. The van der Waals surface area contributed by atoms with Crippen LogP contribution in [0.4, 0.5) is 5.69 Å². The first kappa shape index (κ1) is 12.7. The summed E-state index contributed by atoms with van der Waals surface area (Å²) >= 11 is 7.97. The Bertz CT molecular complexity index is 385. The van der Waals surface area contributed by atoms with Gasteiger partial charge in [0.05, 0.1) is 9.95 Å². The van der Waals surface area contributed by atoms with Crippen molar-refractivity contribution in [2.24, 2.45) is 5.73 Å². The van der Waals surface area contributed by atoms with E-state index in [-0.39, 0.29) is 5.69 Å². The van der Waals surface area contributed by atoms with Gasteiger partial charge in [-0.1, -0.05) is 11.6 Å². The highest BCUT2D eigenvalue weighted by Gasteiger charge is 2.17. The first-order chi connectivity index (χ1) is 7.06. The predicted octanol–water partition coefficient (Wildman–Crippen LogP) is 2.74. The van der Waals surface area contributed by atoms with Crippen molar-refractivity contribution in [2.45, 2.75) is 12.8 Å². The number of nitro benzene ring substituents is 1. The monoisotopic (exact) mass is 340 g/mol. The zero-order valence-electron chi connectivity index (χ0n) is 7.87. The lowest BCUT2D eigenvalue weighted by Crippen LogP contribution is -2.03. The summed E-state index contributed by atoms with van der Waals surface area (Å²) in [4.78, 5) is 10.4. The topological polar surface area (TPSA) is 69.2 Å². The average Bonchev–Trinajstić information content (AvgIpc) is 2.15. The Labute approximate surface area is 106 Å². The molecule has 0 aromatic heterocycles. The molecule has 82 valence electrons. The molecule has 2 N–H and O–H groups in total. The van der Waals surface area contributed by atoms with Crippen LogP contribution in [0.25, 0.3) is 0 Å². The van der Waals surface area contributed by atoms with Crippen molar-refractivity contribution in [3.05, 3.63) is 36.4 Å². The summed E-state index contributed by atoms with van der Waals surface area (Å²) in [7, 11) is 0. The third kappa shape index (κ3) is 3.29. The third-order valence-electron chi connectivity index (χ3n) is 1.96. The van der Waals surface area contributed by atoms with Crippen LogP contribution in [0.1, 0.15) is 12.0 Å². The lowest BCUT2D eigenvalue weighted by Gasteiger charge is -2.05. The van der Waals surface area contributed by atoms with Gasteiger partial charge in [-0.05, 0) is 48.0 Å². The molecule has 6 heteroatoms. The van der Waals surface area contributed by atoms with Crippen molar-refractivity contribution >= 4 is 39.9 Å². The molecule has 1 aromatic rings. The summed E-state index contributed by atoms with van der Waals surface area (Å²) in [5, 5.41) is 11.2. The molecule has 0 bridgehead atoms. The minimum Gasteiger partial charge on any atom is -0.330 e. The first-order valence-corrected chi connectivity index (χ1v) is 5.84. The van der Waals surface area contributed by atoms with Gasteiger partial charge in [-0.25, -0.2) is 0 Å². The van der Waals surface area contributed by atoms with E-state index in [9.17, 15) is 10.1 Å². The Morgan fingerprint density at radius 1 is 1.53 bits per heavy atom. The third-order valence-corrected chi connectivity index (χ3v) is 2.92. The van der Waals surface area contributed by atoms with Gasteiger partial charge >= 0.3 is 0 Å². The zero-order chi connectivity index (χ0) is 11.4. The van der Waals surface area contributed by atoms with E-state index < -0.39 is 4.92 Å². The molecule has 0 aliphatic heterocycles. The largest absolute Gasteiger partial charge is 0.330 e. The summed E-state index contributed by atoms with van der Waals surface area (Å²) in [5.74, 6) is 0. The van der Waals surface area contributed by atoms with Crippen molar-refractivity contribution in [3.63, 3.8) is 0 Å². The maximum absolute atomic E-state index is 10.8. The average molecular weight is 341 g/mol. The van der Waals surface area contributed by atoms with Crippen molar-refractivity contribution in [2.75, 3.05) is 6.54 Å². The normalized spacial score (nSPS) is 10.3. The maximum Gasteiger partial charge on any atom is 0.275 e. The second-order valence-electron chi connectivity index (χ2n) is 3.03. The SMILES string of the molecule is NCCCc1c(Cl)cc(I)cc1[N+](=O)[O-].